The van der Waals surface area contributed by atoms with Crippen LogP contribution in [0.15, 0.2) is 24.3 Å². The summed E-state index contributed by atoms with van der Waals surface area (Å²) in [6.07, 6.45) is 0. The molecule has 3 nitrogen and oxygen atoms in total. The number of benzene rings is 1. The first-order valence-corrected chi connectivity index (χ1v) is 5.76. The highest BCUT2D eigenvalue weighted by Crippen LogP contribution is 2.20. The third-order valence-electron chi connectivity index (χ3n) is 3.20. The van der Waals surface area contributed by atoms with E-state index < -0.39 is 0 Å². The van der Waals surface area contributed by atoms with Crippen LogP contribution in [0.3, 0.4) is 0 Å². The largest absolute Gasteiger partial charge is 0.314 e. The number of nitriles is 1. The van der Waals surface area contributed by atoms with Gasteiger partial charge in [-0.1, -0.05) is 12.1 Å². The average molecular weight is 215 g/mol. The summed E-state index contributed by atoms with van der Waals surface area (Å²) in [5, 5.41) is 12.2. The summed E-state index contributed by atoms with van der Waals surface area (Å²) in [5.41, 5.74) is 1.99. The molecule has 1 aliphatic rings. The number of piperazine rings is 1. The van der Waals surface area contributed by atoms with Crippen LogP contribution in [0.1, 0.15) is 24.1 Å². The lowest BCUT2D eigenvalue weighted by Gasteiger charge is -2.33. The summed E-state index contributed by atoms with van der Waals surface area (Å²) in [6.45, 7) is 6.49. The van der Waals surface area contributed by atoms with E-state index in [1.807, 2.05) is 18.2 Å². The molecule has 1 atom stereocenters. The quantitative estimate of drug-likeness (QED) is 0.813. The van der Waals surface area contributed by atoms with E-state index >= 15 is 0 Å². The van der Waals surface area contributed by atoms with Crippen LogP contribution >= 0.6 is 0 Å². The Balaban J connectivity index is 2.13. The van der Waals surface area contributed by atoms with Crippen molar-refractivity contribution in [1.82, 2.24) is 10.2 Å². The number of hydrogen-bond acceptors (Lipinski definition) is 3. The second-order valence-corrected chi connectivity index (χ2v) is 4.20. The number of nitrogens with one attached hydrogen (secondary N) is 1. The topological polar surface area (TPSA) is 39.1 Å². The Kier molecular flexibility index (Phi) is 3.55. The molecule has 1 aromatic rings. The van der Waals surface area contributed by atoms with Crippen LogP contribution in [0.25, 0.3) is 0 Å². The van der Waals surface area contributed by atoms with Gasteiger partial charge in [-0.2, -0.15) is 5.26 Å². The predicted octanol–water partition coefficient (Wildman–Crippen LogP) is 1.52. The van der Waals surface area contributed by atoms with E-state index in [9.17, 15) is 0 Å². The molecule has 3 heteroatoms. The van der Waals surface area contributed by atoms with E-state index in [1.54, 1.807) is 0 Å². The number of hydrogen-bond donors (Lipinski definition) is 1. The van der Waals surface area contributed by atoms with Gasteiger partial charge in [0, 0.05) is 32.2 Å². The highest BCUT2D eigenvalue weighted by Gasteiger charge is 2.17. The fraction of sp³-hybridized carbons (Fsp3) is 0.462. The molecule has 84 valence electrons. The standard InChI is InChI=1S/C13H17N3/c1-11(16-7-5-15-6-8-16)13-4-2-3-12(9-13)10-14/h2-4,9,11,15H,5-8H2,1H3/t11-/m1/s1. The van der Waals surface area contributed by atoms with E-state index in [4.69, 9.17) is 5.26 Å². The summed E-state index contributed by atoms with van der Waals surface area (Å²) >= 11 is 0. The minimum atomic E-state index is 0.399. The Morgan fingerprint density at radius 2 is 2.12 bits per heavy atom. The van der Waals surface area contributed by atoms with Crippen molar-refractivity contribution in [2.45, 2.75) is 13.0 Å². The van der Waals surface area contributed by atoms with Crippen LogP contribution in [0.5, 0.6) is 0 Å². The molecule has 2 rings (SSSR count). The molecule has 1 fully saturated rings. The van der Waals surface area contributed by atoms with Gasteiger partial charge < -0.3 is 5.32 Å². The van der Waals surface area contributed by atoms with E-state index in [2.05, 4.69) is 29.3 Å². The van der Waals surface area contributed by atoms with E-state index in [0.717, 1.165) is 31.7 Å². The maximum absolute atomic E-state index is 8.88. The molecule has 0 aliphatic carbocycles. The van der Waals surface area contributed by atoms with Crippen molar-refractivity contribution < 1.29 is 0 Å². The fourth-order valence-electron chi connectivity index (χ4n) is 2.15. The zero-order chi connectivity index (χ0) is 11.4. The van der Waals surface area contributed by atoms with Crippen molar-refractivity contribution in [3.63, 3.8) is 0 Å². The zero-order valence-corrected chi connectivity index (χ0v) is 9.61. The van der Waals surface area contributed by atoms with Gasteiger partial charge in [0.25, 0.3) is 0 Å². The fourth-order valence-corrected chi connectivity index (χ4v) is 2.15. The smallest absolute Gasteiger partial charge is 0.0991 e. The van der Waals surface area contributed by atoms with Gasteiger partial charge in [-0.05, 0) is 24.6 Å². The average Bonchev–Trinajstić information content (AvgIpc) is 2.39. The molecule has 0 unspecified atom stereocenters. The summed E-state index contributed by atoms with van der Waals surface area (Å²) in [6, 6.07) is 10.5. The van der Waals surface area contributed by atoms with Gasteiger partial charge in [0.15, 0.2) is 0 Å². The van der Waals surface area contributed by atoms with E-state index in [0.29, 0.717) is 6.04 Å². The molecule has 1 heterocycles. The third-order valence-corrected chi connectivity index (χ3v) is 3.20. The monoisotopic (exact) mass is 215 g/mol. The van der Waals surface area contributed by atoms with Crippen LogP contribution in [0.4, 0.5) is 0 Å². The molecule has 1 aliphatic heterocycles. The van der Waals surface area contributed by atoms with Gasteiger partial charge in [-0.15, -0.1) is 0 Å². The third kappa shape index (κ3) is 2.41. The lowest BCUT2D eigenvalue weighted by atomic mass is 10.0. The first-order chi connectivity index (χ1) is 7.81. The van der Waals surface area contributed by atoms with Gasteiger partial charge in [0.05, 0.1) is 11.6 Å². The minimum Gasteiger partial charge on any atom is -0.314 e. The molecule has 0 aromatic heterocycles. The Labute approximate surface area is 96.7 Å². The molecular formula is C13H17N3. The van der Waals surface area contributed by atoms with Crippen molar-refractivity contribution in [2.75, 3.05) is 26.2 Å². The maximum Gasteiger partial charge on any atom is 0.0991 e. The minimum absolute atomic E-state index is 0.399. The zero-order valence-electron chi connectivity index (χ0n) is 9.61. The van der Waals surface area contributed by atoms with Crippen LogP contribution in [-0.4, -0.2) is 31.1 Å². The first-order valence-electron chi connectivity index (χ1n) is 5.76. The molecule has 0 spiro atoms. The summed E-state index contributed by atoms with van der Waals surface area (Å²) < 4.78 is 0. The summed E-state index contributed by atoms with van der Waals surface area (Å²) in [4.78, 5) is 2.45. The molecule has 16 heavy (non-hydrogen) atoms. The number of nitrogens with zero attached hydrogens (tertiary/aromatic N) is 2. The second kappa shape index (κ2) is 5.11. The van der Waals surface area contributed by atoms with Crippen LogP contribution in [-0.2, 0) is 0 Å². The highest BCUT2D eigenvalue weighted by molar-refractivity contribution is 5.34. The van der Waals surface area contributed by atoms with Crippen LogP contribution < -0.4 is 5.32 Å². The summed E-state index contributed by atoms with van der Waals surface area (Å²) in [5.74, 6) is 0. The van der Waals surface area contributed by atoms with Crippen molar-refractivity contribution >= 4 is 0 Å². The van der Waals surface area contributed by atoms with Gasteiger partial charge in [0.2, 0.25) is 0 Å². The Morgan fingerprint density at radius 3 is 2.81 bits per heavy atom. The Morgan fingerprint density at radius 1 is 1.38 bits per heavy atom. The molecule has 1 saturated heterocycles. The van der Waals surface area contributed by atoms with Crippen molar-refractivity contribution in [1.29, 1.82) is 5.26 Å². The Hall–Kier alpha value is -1.37. The lowest BCUT2D eigenvalue weighted by Crippen LogP contribution is -2.44. The van der Waals surface area contributed by atoms with Crippen LogP contribution in [0, 0.1) is 11.3 Å². The molecule has 0 bridgehead atoms. The van der Waals surface area contributed by atoms with Gasteiger partial charge >= 0.3 is 0 Å². The predicted molar refractivity (Wildman–Crippen MR) is 64.0 cm³/mol. The van der Waals surface area contributed by atoms with Crippen molar-refractivity contribution in [2.24, 2.45) is 0 Å². The second-order valence-electron chi connectivity index (χ2n) is 4.20. The highest BCUT2D eigenvalue weighted by atomic mass is 15.2. The number of rotatable bonds is 2. The Bertz CT molecular complexity index is 388. The summed E-state index contributed by atoms with van der Waals surface area (Å²) in [7, 11) is 0. The van der Waals surface area contributed by atoms with E-state index in [-0.39, 0.29) is 0 Å². The van der Waals surface area contributed by atoms with Gasteiger partial charge in [-0.3, -0.25) is 4.90 Å². The molecule has 0 radical (unpaired) electrons. The lowest BCUT2D eigenvalue weighted by molar-refractivity contribution is 0.185. The van der Waals surface area contributed by atoms with Crippen molar-refractivity contribution in [3.8, 4) is 6.07 Å². The molecule has 1 N–H and O–H groups in total. The first kappa shape index (κ1) is 11.1. The molecule has 0 amide bonds. The van der Waals surface area contributed by atoms with Crippen molar-refractivity contribution in [3.05, 3.63) is 35.4 Å². The molecule has 1 aromatic carbocycles. The van der Waals surface area contributed by atoms with E-state index in [1.165, 1.54) is 5.56 Å². The normalized spacial score (nSPS) is 19.0. The van der Waals surface area contributed by atoms with Crippen LogP contribution in [0.2, 0.25) is 0 Å². The maximum atomic E-state index is 8.88. The van der Waals surface area contributed by atoms with Gasteiger partial charge in [-0.25, -0.2) is 0 Å². The molecular weight excluding hydrogens is 198 g/mol. The SMILES string of the molecule is C[C@H](c1cccc(C#N)c1)N1CCNCC1. The molecule has 0 saturated carbocycles. The van der Waals surface area contributed by atoms with Gasteiger partial charge in [0.1, 0.15) is 0 Å².